The first kappa shape index (κ1) is 11.1. The van der Waals surface area contributed by atoms with Crippen LogP contribution in [0.3, 0.4) is 0 Å². The largest absolute Gasteiger partial charge is 0.394 e. The maximum Gasteiger partial charge on any atom is 0.0647 e. The smallest absolute Gasteiger partial charge is 0.0647 e. The molecular formula is C12H21NO2. The van der Waals surface area contributed by atoms with Crippen LogP contribution in [-0.4, -0.2) is 35.0 Å². The van der Waals surface area contributed by atoms with Gasteiger partial charge in [-0.15, -0.1) is 0 Å². The Morgan fingerprint density at radius 2 is 2.13 bits per heavy atom. The zero-order valence-corrected chi connectivity index (χ0v) is 9.32. The molecule has 15 heavy (non-hydrogen) atoms. The Balaban J connectivity index is 1.93. The summed E-state index contributed by atoms with van der Waals surface area (Å²) in [5.74, 6) is 1.45. The summed E-state index contributed by atoms with van der Waals surface area (Å²) in [6.07, 6.45) is 7.68. The Hall–Kier alpha value is -0.380. The van der Waals surface area contributed by atoms with E-state index in [9.17, 15) is 10.2 Å². The number of nitrogens with one attached hydrogen (secondary N) is 1. The van der Waals surface area contributed by atoms with Gasteiger partial charge in [-0.25, -0.2) is 0 Å². The summed E-state index contributed by atoms with van der Waals surface area (Å²) < 4.78 is 0. The third-order valence-corrected chi connectivity index (χ3v) is 4.14. The second kappa shape index (κ2) is 4.24. The molecule has 3 N–H and O–H groups in total. The van der Waals surface area contributed by atoms with Gasteiger partial charge in [0.1, 0.15) is 0 Å². The molecule has 2 aliphatic carbocycles. The molecule has 0 saturated heterocycles. The normalized spacial score (nSPS) is 33.9. The summed E-state index contributed by atoms with van der Waals surface area (Å²) in [5, 5.41) is 22.1. The predicted octanol–water partition coefficient (Wildman–Crippen LogP) is 0.674. The van der Waals surface area contributed by atoms with Crippen molar-refractivity contribution in [1.29, 1.82) is 0 Å². The molecule has 0 bridgehead atoms. The fourth-order valence-electron chi connectivity index (χ4n) is 2.74. The Morgan fingerprint density at radius 1 is 1.40 bits per heavy atom. The minimum Gasteiger partial charge on any atom is -0.394 e. The third kappa shape index (κ3) is 1.84. The number of rotatable bonds is 5. The van der Waals surface area contributed by atoms with Gasteiger partial charge in [0.05, 0.1) is 18.8 Å². The van der Waals surface area contributed by atoms with E-state index in [1.54, 1.807) is 0 Å². The van der Waals surface area contributed by atoms with Gasteiger partial charge in [-0.1, -0.05) is 19.1 Å². The Bertz CT molecular complexity index is 240. The Labute approximate surface area is 91.2 Å². The highest BCUT2D eigenvalue weighted by molar-refractivity contribution is 5.14. The van der Waals surface area contributed by atoms with Gasteiger partial charge >= 0.3 is 0 Å². The van der Waals surface area contributed by atoms with Crippen molar-refractivity contribution in [2.24, 2.45) is 11.8 Å². The fourth-order valence-corrected chi connectivity index (χ4v) is 2.74. The molecule has 3 unspecified atom stereocenters. The number of fused-ring (bicyclic) bond motifs is 1. The average molecular weight is 211 g/mol. The molecule has 1 fully saturated rings. The van der Waals surface area contributed by atoms with E-state index in [4.69, 9.17) is 0 Å². The number of allylic oxidation sites excluding steroid dienone is 1. The van der Waals surface area contributed by atoms with E-state index < -0.39 is 5.54 Å². The van der Waals surface area contributed by atoms with Crippen molar-refractivity contribution < 1.29 is 10.2 Å². The highest BCUT2D eigenvalue weighted by Gasteiger charge is 2.44. The van der Waals surface area contributed by atoms with Crippen LogP contribution in [0, 0.1) is 11.8 Å². The minimum atomic E-state index is -0.480. The number of aliphatic hydroxyl groups excluding tert-OH is 2. The second-order valence-corrected chi connectivity index (χ2v) is 4.94. The molecular weight excluding hydrogens is 190 g/mol. The zero-order chi connectivity index (χ0) is 10.9. The van der Waals surface area contributed by atoms with Gasteiger partial charge in [0.2, 0.25) is 0 Å². The summed E-state index contributed by atoms with van der Waals surface area (Å²) in [4.78, 5) is 0. The first-order valence-electron chi connectivity index (χ1n) is 5.91. The standard InChI is InChI=1S/C12H21NO2/c1-2-12(7-14,8-15)13-11-6-9-4-3-5-10(9)11/h3,5,9-11,13-15H,2,4,6-8H2,1H3. The van der Waals surface area contributed by atoms with Crippen LogP contribution in [0.1, 0.15) is 26.2 Å². The molecule has 0 aliphatic heterocycles. The topological polar surface area (TPSA) is 52.5 Å². The first-order valence-corrected chi connectivity index (χ1v) is 5.91. The van der Waals surface area contributed by atoms with Crippen LogP contribution in [0.25, 0.3) is 0 Å². The molecule has 3 nitrogen and oxygen atoms in total. The van der Waals surface area contributed by atoms with Gasteiger partial charge in [-0.3, -0.25) is 0 Å². The average Bonchev–Trinajstić information content (AvgIpc) is 2.63. The van der Waals surface area contributed by atoms with Crippen molar-refractivity contribution in [3.05, 3.63) is 12.2 Å². The molecule has 1 saturated carbocycles. The van der Waals surface area contributed by atoms with Crippen LogP contribution >= 0.6 is 0 Å². The fraction of sp³-hybridized carbons (Fsp3) is 0.833. The zero-order valence-electron chi connectivity index (χ0n) is 9.32. The van der Waals surface area contributed by atoms with Crippen LogP contribution in [0.2, 0.25) is 0 Å². The maximum absolute atomic E-state index is 9.35. The number of aliphatic hydroxyl groups is 2. The molecule has 0 aromatic rings. The van der Waals surface area contributed by atoms with Gasteiger partial charge < -0.3 is 15.5 Å². The summed E-state index contributed by atoms with van der Waals surface area (Å²) in [5.41, 5.74) is -0.480. The van der Waals surface area contributed by atoms with Crippen molar-refractivity contribution in [2.45, 2.75) is 37.8 Å². The van der Waals surface area contributed by atoms with Crippen molar-refractivity contribution in [3.63, 3.8) is 0 Å². The molecule has 2 rings (SSSR count). The van der Waals surface area contributed by atoms with E-state index in [1.807, 2.05) is 6.92 Å². The molecule has 0 amide bonds. The molecule has 0 radical (unpaired) electrons. The van der Waals surface area contributed by atoms with Gasteiger partial charge in [0.15, 0.2) is 0 Å². The second-order valence-electron chi connectivity index (χ2n) is 4.94. The first-order chi connectivity index (χ1) is 7.24. The van der Waals surface area contributed by atoms with Gasteiger partial charge in [0.25, 0.3) is 0 Å². The van der Waals surface area contributed by atoms with Crippen molar-refractivity contribution >= 4 is 0 Å². The highest BCUT2D eigenvalue weighted by atomic mass is 16.3. The van der Waals surface area contributed by atoms with E-state index >= 15 is 0 Å². The lowest BCUT2D eigenvalue weighted by Gasteiger charge is -2.46. The molecule has 3 heteroatoms. The lowest BCUT2D eigenvalue weighted by Crippen LogP contribution is -2.61. The maximum atomic E-state index is 9.35. The number of hydrogen-bond acceptors (Lipinski definition) is 3. The van der Waals surface area contributed by atoms with Gasteiger partial charge in [0, 0.05) is 6.04 Å². The molecule has 0 heterocycles. The monoisotopic (exact) mass is 211 g/mol. The molecule has 2 aliphatic rings. The molecule has 0 spiro atoms. The molecule has 0 aromatic carbocycles. The summed E-state index contributed by atoms with van der Waals surface area (Å²) in [7, 11) is 0. The Morgan fingerprint density at radius 3 is 2.67 bits per heavy atom. The van der Waals surface area contributed by atoms with Crippen LogP contribution in [0.15, 0.2) is 12.2 Å². The Kier molecular flexibility index (Phi) is 3.14. The van der Waals surface area contributed by atoms with E-state index in [2.05, 4.69) is 17.5 Å². The van der Waals surface area contributed by atoms with Crippen molar-refractivity contribution in [3.8, 4) is 0 Å². The summed E-state index contributed by atoms with van der Waals surface area (Å²) >= 11 is 0. The summed E-state index contributed by atoms with van der Waals surface area (Å²) in [6, 6.07) is 0.452. The minimum absolute atomic E-state index is 0.0115. The van der Waals surface area contributed by atoms with Crippen molar-refractivity contribution in [2.75, 3.05) is 13.2 Å². The van der Waals surface area contributed by atoms with Gasteiger partial charge in [-0.05, 0) is 31.1 Å². The van der Waals surface area contributed by atoms with E-state index in [0.717, 1.165) is 12.3 Å². The van der Waals surface area contributed by atoms with E-state index in [1.165, 1.54) is 12.8 Å². The van der Waals surface area contributed by atoms with Crippen LogP contribution in [-0.2, 0) is 0 Å². The quantitative estimate of drug-likeness (QED) is 0.586. The van der Waals surface area contributed by atoms with Crippen LogP contribution in [0.5, 0.6) is 0 Å². The van der Waals surface area contributed by atoms with E-state index in [-0.39, 0.29) is 13.2 Å². The predicted molar refractivity (Wildman–Crippen MR) is 59.5 cm³/mol. The molecule has 0 aromatic heterocycles. The van der Waals surface area contributed by atoms with Crippen LogP contribution < -0.4 is 5.32 Å². The SMILES string of the molecule is CCC(CO)(CO)NC1CC2CC=CC21. The van der Waals surface area contributed by atoms with Crippen LogP contribution in [0.4, 0.5) is 0 Å². The molecule has 3 atom stereocenters. The third-order valence-electron chi connectivity index (χ3n) is 4.14. The molecule has 86 valence electrons. The lowest BCUT2D eigenvalue weighted by atomic mass is 9.70. The lowest BCUT2D eigenvalue weighted by molar-refractivity contribution is 0.0405. The number of hydrogen-bond donors (Lipinski definition) is 3. The van der Waals surface area contributed by atoms with Crippen molar-refractivity contribution in [1.82, 2.24) is 5.32 Å². The highest BCUT2D eigenvalue weighted by Crippen LogP contribution is 2.43. The van der Waals surface area contributed by atoms with E-state index in [0.29, 0.717) is 12.0 Å². The summed E-state index contributed by atoms with van der Waals surface area (Å²) in [6.45, 7) is 2.02. The van der Waals surface area contributed by atoms with Gasteiger partial charge in [-0.2, -0.15) is 0 Å².